The summed E-state index contributed by atoms with van der Waals surface area (Å²) in [4.78, 5) is 0.243. The second-order valence-electron chi connectivity index (χ2n) is 5.14. The zero-order chi connectivity index (χ0) is 15.6. The Morgan fingerprint density at radius 2 is 1.67 bits per heavy atom. The quantitative estimate of drug-likeness (QED) is 0.843. The van der Waals surface area contributed by atoms with Crippen LogP contribution in [0.2, 0.25) is 5.02 Å². The predicted octanol–water partition coefficient (Wildman–Crippen LogP) is 4.25. The maximum Gasteiger partial charge on any atom is 0.264 e. The van der Waals surface area contributed by atoms with Gasteiger partial charge in [-0.1, -0.05) is 35.9 Å². The number of halogens is 1. The fourth-order valence-corrected chi connectivity index (χ4v) is 4.40. The van der Waals surface area contributed by atoms with Gasteiger partial charge in [-0.2, -0.15) is 0 Å². The Kier molecular flexibility index (Phi) is 4.59. The zero-order valence-electron chi connectivity index (χ0n) is 12.2. The predicted molar refractivity (Wildman–Crippen MR) is 87.4 cm³/mol. The minimum atomic E-state index is -3.66. The van der Waals surface area contributed by atoms with E-state index < -0.39 is 10.0 Å². The van der Waals surface area contributed by atoms with E-state index in [9.17, 15) is 8.42 Å². The molecule has 0 bridgehead atoms. The average molecular weight is 324 g/mol. The zero-order valence-corrected chi connectivity index (χ0v) is 13.8. The Bertz CT molecular complexity index is 727. The van der Waals surface area contributed by atoms with Crippen molar-refractivity contribution in [3.05, 3.63) is 59.1 Å². The number of aryl methyl sites for hydroxylation is 1. The highest BCUT2D eigenvalue weighted by Gasteiger charge is 2.28. The molecule has 112 valence electrons. The topological polar surface area (TPSA) is 37.4 Å². The number of benzene rings is 2. The average Bonchev–Trinajstić information content (AvgIpc) is 2.42. The van der Waals surface area contributed by atoms with Crippen LogP contribution < -0.4 is 4.31 Å². The van der Waals surface area contributed by atoms with Crippen molar-refractivity contribution < 1.29 is 8.42 Å². The molecule has 0 unspecified atom stereocenters. The molecular formula is C16H18ClNO2S. The molecule has 0 heterocycles. The van der Waals surface area contributed by atoms with Crippen LogP contribution in [0.4, 0.5) is 5.69 Å². The summed E-state index contributed by atoms with van der Waals surface area (Å²) in [5, 5.41) is 0.413. The first-order chi connectivity index (χ1) is 9.84. The third kappa shape index (κ3) is 3.22. The molecule has 0 amide bonds. The molecule has 2 aromatic carbocycles. The Hall–Kier alpha value is -1.52. The van der Waals surface area contributed by atoms with Gasteiger partial charge in [-0.05, 0) is 50.6 Å². The molecule has 0 aliphatic rings. The number of anilines is 1. The Morgan fingerprint density at radius 3 is 2.24 bits per heavy atom. The van der Waals surface area contributed by atoms with Gasteiger partial charge >= 0.3 is 0 Å². The Balaban J connectivity index is 2.61. The van der Waals surface area contributed by atoms with Gasteiger partial charge in [-0.15, -0.1) is 0 Å². The van der Waals surface area contributed by atoms with Gasteiger partial charge in [0.2, 0.25) is 0 Å². The summed E-state index contributed by atoms with van der Waals surface area (Å²) in [7, 11) is -3.66. The van der Waals surface area contributed by atoms with Crippen LogP contribution in [0.1, 0.15) is 19.4 Å². The van der Waals surface area contributed by atoms with Crippen molar-refractivity contribution in [2.45, 2.75) is 31.7 Å². The van der Waals surface area contributed by atoms with Gasteiger partial charge in [0.15, 0.2) is 0 Å². The van der Waals surface area contributed by atoms with Gasteiger partial charge in [0.25, 0.3) is 10.0 Å². The van der Waals surface area contributed by atoms with Crippen LogP contribution >= 0.6 is 11.6 Å². The molecule has 0 aromatic heterocycles. The minimum absolute atomic E-state index is 0.198. The Morgan fingerprint density at radius 1 is 1.05 bits per heavy atom. The molecule has 0 aliphatic carbocycles. The third-order valence-corrected chi connectivity index (χ3v) is 5.55. The van der Waals surface area contributed by atoms with E-state index in [1.807, 2.05) is 32.0 Å². The second-order valence-corrected chi connectivity index (χ2v) is 7.36. The molecule has 0 spiro atoms. The van der Waals surface area contributed by atoms with Crippen LogP contribution in [-0.4, -0.2) is 14.5 Å². The lowest BCUT2D eigenvalue weighted by Gasteiger charge is -2.29. The van der Waals surface area contributed by atoms with Crippen LogP contribution in [-0.2, 0) is 10.0 Å². The summed E-state index contributed by atoms with van der Waals surface area (Å²) in [5.74, 6) is 0. The SMILES string of the molecule is Cc1ccc(Cl)cc1S(=O)(=O)N(c1ccccc1)C(C)C. The highest BCUT2D eigenvalue weighted by molar-refractivity contribution is 7.93. The van der Waals surface area contributed by atoms with Crippen molar-refractivity contribution in [1.82, 2.24) is 0 Å². The number of hydrogen-bond acceptors (Lipinski definition) is 2. The van der Waals surface area contributed by atoms with Gasteiger partial charge in [-0.3, -0.25) is 4.31 Å². The van der Waals surface area contributed by atoms with Crippen molar-refractivity contribution in [1.29, 1.82) is 0 Å². The maximum absolute atomic E-state index is 13.0. The number of nitrogens with zero attached hydrogens (tertiary/aromatic N) is 1. The molecule has 0 saturated heterocycles. The molecule has 2 rings (SSSR count). The van der Waals surface area contributed by atoms with E-state index in [1.165, 1.54) is 10.4 Å². The first kappa shape index (κ1) is 15.9. The van der Waals surface area contributed by atoms with E-state index in [0.717, 1.165) is 0 Å². The van der Waals surface area contributed by atoms with Gasteiger partial charge in [-0.25, -0.2) is 8.42 Å². The van der Waals surface area contributed by atoms with E-state index in [2.05, 4.69) is 0 Å². The number of para-hydroxylation sites is 1. The van der Waals surface area contributed by atoms with Crippen molar-refractivity contribution in [2.24, 2.45) is 0 Å². The van der Waals surface area contributed by atoms with Crippen molar-refractivity contribution >= 4 is 27.3 Å². The molecule has 0 fully saturated rings. The third-order valence-electron chi connectivity index (χ3n) is 3.17. The summed E-state index contributed by atoms with van der Waals surface area (Å²) < 4.78 is 27.5. The fourth-order valence-electron chi connectivity index (χ4n) is 2.25. The summed E-state index contributed by atoms with van der Waals surface area (Å²) >= 11 is 5.97. The number of hydrogen-bond donors (Lipinski definition) is 0. The monoisotopic (exact) mass is 323 g/mol. The Labute approximate surface area is 131 Å². The standard InChI is InChI=1S/C16H18ClNO2S/c1-12(2)18(15-7-5-4-6-8-15)21(19,20)16-11-14(17)10-9-13(16)3/h4-12H,1-3H3. The van der Waals surface area contributed by atoms with Gasteiger partial charge < -0.3 is 0 Å². The molecule has 0 N–H and O–H groups in total. The summed E-state index contributed by atoms with van der Waals surface area (Å²) in [6.45, 7) is 5.47. The molecule has 5 heteroatoms. The molecule has 21 heavy (non-hydrogen) atoms. The van der Waals surface area contributed by atoms with E-state index in [4.69, 9.17) is 11.6 Å². The van der Waals surface area contributed by atoms with Crippen molar-refractivity contribution in [3.8, 4) is 0 Å². The molecule has 0 radical (unpaired) electrons. The molecule has 3 nitrogen and oxygen atoms in total. The molecule has 0 aliphatic heterocycles. The maximum atomic E-state index is 13.0. The lowest BCUT2D eigenvalue weighted by molar-refractivity contribution is 0.583. The van der Waals surface area contributed by atoms with E-state index in [1.54, 1.807) is 31.2 Å². The van der Waals surface area contributed by atoms with Crippen LogP contribution in [0, 0.1) is 6.92 Å². The van der Waals surface area contributed by atoms with Gasteiger partial charge in [0, 0.05) is 11.1 Å². The number of rotatable bonds is 4. The lowest BCUT2D eigenvalue weighted by atomic mass is 10.2. The molecule has 0 saturated carbocycles. The molecule has 2 aromatic rings. The lowest BCUT2D eigenvalue weighted by Crippen LogP contribution is -2.37. The van der Waals surface area contributed by atoms with Gasteiger partial charge in [0.1, 0.15) is 0 Å². The largest absolute Gasteiger partial charge is 0.264 e. The highest BCUT2D eigenvalue weighted by atomic mass is 35.5. The van der Waals surface area contributed by atoms with E-state index in [0.29, 0.717) is 16.3 Å². The summed E-state index contributed by atoms with van der Waals surface area (Å²) in [5.41, 5.74) is 1.33. The normalized spacial score (nSPS) is 11.7. The minimum Gasteiger partial charge on any atom is -0.264 e. The first-order valence-electron chi connectivity index (χ1n) is 6.69. The van der Waals surface area contributed by atoms with E-state index in [-0.39, 0.29) is 10.9 Å². The van der Waals surface area contributed by atoms with Crippen LogP contribution in [0.15, 0.2) is 53.4 Å². The second kappa shape index (κ2) is 6.08. The van der Waals surface area contributed by atoms with Crippen LogP contribution in [0.3, 0.4) is 0 Å². The highest BCUT2D eigenvalue weighted by Crippen LogP contribution is 2.29. The summed E-state index contributed by atoms with van der Waals surface area (Å²) in [6, 6.07) is 13.8. The van der Waals surface area contributed by atoms with Crippen LogP contribution in [0.25, 0.3) is 0 Å². The molecular weight excluding hydrogens is 306 g/mol. The van der Waals surface area contributed by atoms with Crippen molar-refractivity contribution in [2.75, 3.05) is 4.31 Å². The van der Waals surface area contributed by atoms with E-state index >= 15 is 0 Å². The van der Waals surface area contributed by atoms with Gasteiger partial charge in [0.05, 0.1) is 10.6 Å². The molecule has 0 atom stereocenters. The summed E-state index contributed by atoms with van der Waals surface area (Å²) in [6.07, 6.45) is 0. The number of sulfonamides is 1. The fraction of sp³-hybridized carbons (Fsp3) is 0.250. The van der Waals surface area contributed by atoms with Crippen LogP contribution in [0.5, 0.6) is 0 Å². The van der Waals surface area contributed by atoms with Crippen molar-refractivity contribution in [3.63, 3.8) is 0 Å². The first-order valence-corrected chi connectivity index (χ1v) is 8.51. The smallest absolute Gasteiger partial charge is 0.264 e.